The zero-order chi connectivity index (χ0) is 12.5. The smallest absolute Gasteiger partial charge is 0.317 e. The maximum atomic E-state index is 11.2. The Balaban J connectivity index is 2.08. The Hall–Kier alpha value is -1.79. The Morgan fingerprint density at radius 2 is 2.53 bits per heavy atom. The average molecular weight is 236 g/mol. The van der Waals surface area contributed by atoms with E-state index in [2.05, 4.69) is 16.2 Å². The fraction of sp³-hybridized carbons (Fsp3) is 0.727. The van der Waals surface area contributed by atoms with Crippen molar-refractivity contribution >= 4 is 6.03 Å². The van der Waals surface area contributed by atoms with Crippen molar-refractivity contribution in [2.45, 2.75) is 6.42 Å². The quantitative estimate of drug-likeness (QED) is 0.516. The lowest BCUT2D eigenvalue weighted by Crippen LogP contribution is -2.31. The number of ether oxygens (including phenoxy) is 1. The first-order valence-corrected chi connectivity index (χ1v) is 5.61. The third-order valence-corrected chi connectivity index (χ3v) is 2.54. The van der Waals surface area contributed by atoms with E-state index in [1.54, 1.807) is 4.90 Å². The zero-order valence-electron chi connectivity index (χ0n) is 9.69. The van der Waals surface area contributed by atoms with E-state index >= 15 is 0 Å². The third kappa shape index (κ3) is 4.71. The highest BCUT2D eigenvalue weighted by Crippen LogP contribution is 2.03. The number of hydrogen-bond acceptors (Lipinski definition) is 3. The van der Waals surface area contributed by atoms with E-state index in [9.17, 15) is 4.79 Å². The van der Waals surface area contributed by atoms with E-state index in [4.69, 9.17) is 16.6 Å². The van der Waals surface area contributed by atoms with Crippen LogP contribution in [-0.2, 0) is 4.74 Å². The van der Waals surface area contributed by atoms with E-state index in [-0.39, 0.29) is 11.9 Å². The van der Waals surface area contributed by atoms with Crippen LogP contribution in [0.3, 0.4) is 0 Å². The summed E-state index contributed by atoms with van der Waals surface area (Å²) in [5.74, 6) is -0.225. The van der Waals surface area contributed by atoms with Crippen LogP contribution in [0.5, 0.6) is 0 Å². The molecule has 1 aliphatic rings. The molecule has 0 spiro atoms. The van der Waals surface area contributed by atoms with Gasteiger partial charge in [0.25, 0.3) is 0 Å². The van der Waals surface area contributed by atoms with Crippen LogP contribution in [0.2, 0.25) is 0 Å². The minimum atomic E-state index is -0.225. The lowest BCUT2D eigenvalue weighted by Gasteiger charge is -2.14. The number of urea groups is 1. The summed E-state index contributed by atoms with van der Waals surface area (Å²) in [6, 6.07) is 2.06. The molecule has 0 saturated carbocycles. The number of nitrogens with one attached hydrogen (secondary N) is 1. The second-order valence-electron chi connectivity index (χ2n) is 3.79. The van der Waals surface area contributed by atoms with Crippen LogP contribution in [0.25, 0.3) is 4.85 Å². The Morgan fingerprint density at radius 1 is 1.71 bits per heavy atom. The van der Waals surface area contributed by atoms with Crippen LogP contribution in [0.15, 0.2) is 0 Å². The Kier molecular flexibility index (Phi) is 5.84. The van der Waals surface area contributed by atoms with Crippen LogP contribution in [-0.4, -0.2) is 50.3 Å². The first kappa shape index (κ1) is 13.3. The summed E-state index contributed by atoms with van der Waals surface area (Å²) in [4.78, 5) is 16.1. The highest BCUT2D eigenvalue weighted by molar-refractivity contribution is 5.76. The van der Waals surface area contributed by atoms with Gasteiger partial charge in [-0.3, -0.25) is 0 Å². The van der Waals surface area contributed by atoms with E-state index in [1.165, 1.54) is 0 Å². The standard InChI is InChI=1S/C11H16N4O2/c1-13-3-2-10(8-12)9-17-7-6-15-5-4-14-11(15)16/h10H,2-7,9H2,(H,14,16). The molecular weight excluding hydrogens is 220 g/mol. The molecule has 0 aromatic rings. The molecule has 1 heterocycles. The van der Waals surface area contributed by atoms with Gasteiger partial charge in [0.1, 0.15) is 0 Å². The topological polar surface area (TPSA) is 69.7 Å². The number of hydrogen-bond donors (Lipinski definition) is 1. The molecular formula is C11H16N4O2. The second kappa shape index (κ2) is 7.48. The molecule has 6 nitrogen and oxygen atoms in total. The van der Waals surface area contributed by atoms with Gasteiger partial charge >= 0.3 is 6.03 Å². The Morgan fingerprint density at radius 3 is 3.12 bits per heavy atom. The lowest BCUT2D eigenvalue weighted by atomic mass is 10.1. The van der Waals surface area contributed by atoms with E-state index in [0.29, 0.717) is 45.8 Å². The zero-order valence-corrected chi connectivity index (χ0v) is 9.69. The van der Waals surface area contributed by atoms with Gasteiger partial charge in [-0.15, -0.1) is 0 Å². The summed E-state index contributed by atoms with van der Waals surface area (Å²) in [5, 5.41) is 11.5. The summed E-state index contributed by atoms with van der Waals surface area (Å²) < 4.78 is 5.35. The van der Waals surface area contributed by atoms with E-state index < -0.39 is 0 Å². The molecule has 1 N–H and O–H groups in total. The van der Waals surface area contributed by atoms with Crippen molar-refractivity contribution in [1.29, 1.82) is 5.26 Å². The molecule has 0 radical (unpaired) electrons. The summed E-state index contributed by atoms with van der Waals surface area (Å²) in [6.07, 6.45) is 0.546. The Labute approximate surface area is 101 Å². The molecule has 2 amide bonds. The predicted octanol–water partition coefficient (Wildman–Crippen LogP) is 0.477. The molecule has 0 aliphatic carbocycles. The number of nitriles is 1. The number of carbonyl (C=O) groups excluding carboxylic acids is 1. The fourth-order valence-corrected chi connectivity index (χ4v) is 1.53. The molecule has 6 heteroatoms. The van der Waals surface area contributed by atoms with Crippen molar-refractivity contribution < 1.29 is 9.53 Å². The summed E-state index contributed by atoms with van der Waals surface area (Å²) >= 11 is 0. The fourth-order valence-electron chi connectivity index (χ4n) is 1.53. The monoisotopic (exact) mass is 236 g/mol. The van der Waals surface area contributed by atoms with Crippen molar-refractivity contribution in [2.24, 2.45) is 5.92 Å². The highest BCUT2D eigenvalue weighted by atomic mass is 16.5. The highest BCUT2D eigenvalue weighted by Gasteiger charge is 2.18. The van der Waals surface area contributed by atoms with Crippen molar-refractivity contribution in [2.75, 3.05) is 39.4 Å². The molecule has 1 aliphatic heterocycles. The molecule has 1 rings (SSSR count). The van der Waals surface area contributed by atoms with Crippen molar-refractivity contribution in [3.63, 3.8) is 0 Å². The summed E-state index contributed by atoms with van der Waals surface area (Å²) in [5.41, 5.74) is 0. The normalized spacial score (nSPS) is 16.1. The van der Waals surface area contributed by atoms with Gasteiger partial charge in [0.15, 0.2) is 0 Å². The van der Waals surface area contributed by atoms with Gasteiger partial charge in [0.05, 0.1) is 25.2 Å². The van der Waals surface area contributed by atoms with Gasteiger partial charge in [-0.1, -0.05) is 0 Å². The molecule has 0 aromatic carbocycles. The van der Waals surface area contributed by atoms with Gasteiger partial charge in [-0.05, 0) is 0 Å². The van der Waals surface area contributed by atoms with Crippen LogP contribution in [0.1, 0.15) is 6.42 Å². The van der Waals surface area contributed by atoms with E-state index in [0.717, 1.165) is 0 Å². The maximum Gasteiger partial charge on any atom is 0.317 e. The summed E-state index contributed by atoms with van der Waals surface area (Å²) in [6.45, 7) is 9.71. The largest absolute Gasteiger partial charge is 0.378 e. The first-order valence-electron chi connectivity index (χ1n) is 5.61. The number of carbonyl (C=O) groups is 1. The number of amides is 2. The minimum Gasteiger partial charge on any atom is -0.378 e. The molecule has 1 atom stereocenters. The van der Waals surface area contributed by atoms with Gasteiger partial charge in [0, 0.05) is 26.1 Å². The molecule has 0 aromatic heterocycles. The minimum absolute atomic E-state index is 0.0570. The molecule has 92 valence electrons. The van der Waals surface area contributed by atoms with Crippen molar-refractivity contribution in [1.82, 2.24) is 10.2 Å². The molecule has 1 unspecified atom stereocenters. The molecule has 17 heavy (non-hydrogen) atoms. The second-order valence-corrected chi connectivity index (χ2v) is 3.79. The SMILES string of the molecule is [C-]#[N+]CCC(C#N)COCCN1CCNC1=O. The van der Waals surface area contributed by atoms with Crippen molar-refractivity contribution in [3.05, 3.63) is 11.4 Å². The first-order chi connectivity index (χ1) is 8.27. The van der Waals surface area contributed by atoms with Gasteiger partial charge in [-0.2, -0.15) is 5.26 Å². The van der Waals surface area contributed by atoms with Gasteiger partial charge in [0.2, 0.25) is 6.54 Å². The van der Waals surface area contributed by atoms with Crippen LogP contribution in [0.4, 0.5) is 4.79 Å². The Bertz CT molecular complexity index is 331. The average Bonchev–Trinajstić information content (AvgIpc) is 2.74. The molecule has 0 bridgehead atoms. The van der Waals surface area contributed by atoms with Crippen molar-refractivity contribution in [3.8, 4) is 6.07 Å². The number of nitrogens with zero attached hydrogens (tertiary/aromatic N) is 3. The lowest BCUT2D eigenvalue weighted by molar-refractivity contribution is 0.0983. The van der Waals surface area contributed by atoms with Crippen LogP contribution < -0.4 is 5.32 Å². The molecule has 1 fully saturated rings. The summed E-state index contributed by atoms with van der Waals surface area (Å²) in [7, 11) is 0. The van der Waals surface area contributed by atoms with Crippen LogP contribution in [0, 0.1) is 23.8 Å². The maximum absolute atomic E-state index is 11.2. The van der Waals surface area contributed by atoms with Crippen LogP contribution >= 0.6 is 0 Å². The predicted molar refractivity (Wildman–Crippen MR) is 61.0 cm³/mol. The number of rotatable bonds is 7. The van der Waals surface area contributed by atoms with Gasteiger partial charge < -0.3 is 19.8 Å². The van der Waals surface area contributed by atoms with Gasteiger partial charge in [-0.25, -0.2) is 11.4 Å². The molecule has 1 saturated heterocycles. The van der Waals surface area contributed by atoms with E-state index in [1.807, 2.05) is 0 Å². The third-order valence-electron chi connectivity index (χ3n) is 2.54.